The lowest BCUT2D eigenvalue weighted by atomic mass is 9.89. The lowest BCUT2D eigenvalue weighted by molar-refractivity contribution is 0.132. The smallest absolute Gasteiger partial charge is 0.129 e. The molecule has 0 fully saturated rings. The fourth-order valence-electron chi connectivity index (χ4n) is 1.40. The summed E-state index contributed by atoms with van der Waals surface area (Å²) in [5.74, 6) is 0.748. The highest BCUT2D eigenvalue weighted by molar-refractivity contribution is 5.31. The van der Waals surface area contributed by atoms with E-state index in [0.29, 0.717) is 6.54 Å². The molecule has 1 atom stereocenters. The summed E-state index contributed by atoms with van der Waals surface area (Å²) < 4.78 is 0. The van der Waals surface area contributed by atoms with Crippen molar-refractivity contribution in [3.63, 3.8) is 0 Å². The molecule has 1 aromatic rings. The van der Waals surface area contributed by atoms with Crippen LogP contribution in [0.5, 0.6) is 0 Å². The molecule has 0 spiro atoms. The number of aromatic nitrogens is 2. The highest BCUT2D eigenvalue weighted by Crippen LogP contribution is 2.20. The molecule has 0 saturated heterocycles. The minimum Gasteiger partial charge on any atom is -0.391 e. The van der Waals surface area contributed by atoms with Crippen LogP contribution in [-0.2, 0) is 0 Å². The van der Waals surface area contributed by atoms with Crippen LogP contribution >= 0.6 is 0 Å². The fraction of sp³-hybridized carbons (Fsp3) is 0.636. The third-order valence-electron chi connectivity index (χ3n) is 1.95. The molecule has 0 amide bonds. The lowest BCUT2D eigenvalue weighted by Gasteiger charge is -2.22. The van der Waals surface area contributed by atoms with Crippen molar-refractivity contribution in [3.8, 4) is 0 Å². The summed E-state index contributed by atoms with van der Waals surface area (Å²) in [5.41, 5.74) is 0.146. The fourth-order valence-corrected chi connectivity index (χ4v) is 1.40. The van der Waals surface area contributed by atoms with Crippen molar-refractivity contribution in [3.05, 3.63) is 18.6 Å². The van der Waals surface area contributed by atoms with Gasteiger partial charge in [-0.2, -0.15) is 0 Å². The normalized spacial score (nSPS) is 13.6. The van der Waals surface area contributed by atoms with E-state index in [2.05, 4.69) is 36.1 Å². The zero-order chi connectivity index (χ0) is 11.3. The topological polar surface area (TPSA) is 58.0 Å². The average Bonchev–Trinajstić information content (AvgIpc) is 2.14. The summed E-state index contributed by atoms with van der Waals surface area (Å²) in [5, 5.41) is 12.8. The Kier molecular flexibility index (Phi) is 4.03. The van der Waals surface area contributed by atoms with Crippen molar-refractivity contribution in [2.75, 3.05) is 11.9 Å². The van der Waals surface area contributed by atoms with Gasteiger partial charge in [0, 0.05) is 12.7 Å². The van der Waals surface area contributed by atoms with Gasteiger partial charge in [-0.25, -0.2) is 9.97 Å². The van der Waals surface area contributed by atoms with Gasteiger partial charge in [0.1, 0.15) is 12.1 Å². The average molecular weight is 209 g/mol. The summed E-state index contributed by atoms with van der Waals surface area (Å²) in [7, 11) is 0. The van der Waals surface area contributed by atoms with Gasteiger partial charge in [-0.05, 0) is 17.9 Å². The number of nitrogens with zero attached hydrogens (tertiary/aromatic N) is 2. The second-order valence-corrected chi connectivity index (χ2v) is 4.89. The summed E-state index contributed by atoms with van der Waals surface area (Å²) in [6.45, 7) is 6.86. The van der Waals surface area contributed by atoms with E-state index in [1.807, 2.05) is 0 Å². The van der Waals surface area contributed by atoms with E-state index in [1.165, 1.54) is 6.33 Å². The molecule has 0 radical (unpaired) electrons. The van der Waals surface area contributed by atoms with E-state index >= 15 is 0 Å². The van der Waals surface area contributed by atoms with Crippen LogP contribution in [0.25, 0.3) is 0 Å². The van der Waals surface area contributed by atoms with Gasteiger partial charge in [-0.1, -0.05) is 20.8 Å². The lowest BCUT2D eigenvalue weighted by Crippen LogP contribution is -2.25. The molecule has 0 saturated carbocycles. The Morgan fingerprint density at radius 1 is 1.47 bits per heavy atom. The Bertz CT molecular complexity index is 282. The van der Waals surface area contributed by atoms with Crippen LogP contribution in [0.3, 0.4) is 0 Å². The number of rotatable bonds is 4. The Morgan fingerprint density at radius 3 is 2.73 bits per heavy atom. The quantitative estimate of drug-likeness (QED) is 0.792. The first-order valence-electron chi connectivity index (χ1n) is 5.15. The number of nitrogens with one attached hydrogen (secondary N) is 1. The summed E-state index contributed by atoms with van der Waals surface area (Å²) in [4.78, 5) is 7.83. The predicted molar refractivity (Wildman–Crippen MR) is 60.6 cm³/mol. The molecule has 1 aromatic heterocycles. The number of anilines is 1. The molecule has 1 rings (SSSR count). The van der Waals surface area contributed by atoms with E-state index in [9.17, 15) is 5.11 Å². The molecule has 1 unspecified atom stereocenters. The highest BCUT2D eigenvalue weighted by Gasteiger charge is 2.16. The molecular formula is C11H19N3O. The Hall–Kier alpha value is -1.16. The van der Waals surface area contributed by atoms with Gasteiger partial charge < -0.3 is 10.4 Å². The molecule has 84 valence electrons. The maximum absolute atomic E-state index is 9.74. The zero-order valence-electron chi connectivity index (χ0n) is 9.57. The number of aliphatic hydroxyl groups is 1. The van der Waals surface area contributed by atoms with Crippen LogP contribution in [0.4, 0.5) is 5.82 Å². The maximum atomic E-state index is 9.74. The first kappa shape index (κ1) is 11.9. The van der Waals surface area contributed by atoms with Gasteiger partial charge in [-0.3, -0.25) is 0 Å². The summed E-state index contributed by atoms with van der Waals surface area (Å²) in [6, 6.07) is 1.78. The van der Waals surface area contributed by atoms with Gasteiger partial charge >= 0.3 is 0 Å². The molecular weight excluding hydrogens is 190 g/mol. The van der Waals surface area contributed by atoms with Crippen molar-refractivity contribution < 1.29 is 5.11 Å². The van der Waals surface area contributed by atoms with E-state index < -0.39 is 0 Å². The molecule has 0 aliphatic heterocycles. The number of aliphatic hydroxyl groups excluding tert-OH is 1. The minimum atomic E-state index is -0.347. The molecule has 4 heteroatoms. The van der Waals surface area contributed by atoms with Crippen LogP contribution in [0.2, 0.25) is 0 Å². The van der Waals surface area contributed by atoms with E-state index in [4.69, 9.17) is 0 Å². The van der Waals surface area contributed by atoms with E-state index in [-0.39, 0.29) is 11.5 Å². The second-order valence-electron chi connectivity index (χ2n) is 4.89. The van der Waals surface area contributed by atoms with Gasteiger partial charge in [-0.15, -0.1) is 0 Å². The van der Waals surface area contributed by atoms with Crippen LogP contribution in [0.15, 0.2) is 18.6 Å². The van der Waals surface area contributed by atoms with Crippen LogP contribution < -0.4 is 5.32 Å². The van der Waals surface area contributed by atoms with Crippen LogP contribution in [-0.4, -0.2) is 27.7 Å². The Balaban J connectivity index is 2.32. The van der Waals surface area contributed by atoms with Gasteiger partial charge in [0.05, 0.1) is 6.10 Å². The first-order valence-corrected chi connectivity index (χ1v) is 5.15. The van der Waals surface area contributed by atoms with Gasteiger partial charge in [0.2, 0.25) is 0 Å². The van der Waals surface area contributed by atoms with Crippen molar-refractivity contribution in [1.82, 2.24) is 9.97 Å². The molecule has 0 bridgehead atoms. The van der Waals surface area contributed by atoms with Crippen molar-refractivity contribution in [2.45, 2.75) is 33.3 Å². The van der Waals surface area contributed by atoms with E-state index in [1.54, 1.807) is 12.3 Å². The molecule has 0 aliphatic rings. The summed E-state index contributed by atoms with van der Waals surface area (Å²) >= 11 is 0. The third-order valence-corrected chi connectivity index (χ3v) is 1.95. The zero-order valence-corrected chi connectivity index (χ0v) is 9.57. The van der Waals surface area contributed by atoms with Gasteiger partial charge in [0.15, 0.2) is 0 Å². The predicted octanol–water partition coefficient (Wildman–Crippen LogP) is 1.69. The molecule has 1 heterocycles. The maximum Gasteiger partial charge on any atom is 0.129 e. The largest absolute Gasteiger partial charge is 0.391 e. The Labute approximate surface area is 90.8 Å². The van der Waals surface area contributed by atoms with Crippen LogP contribution in [0.1, 0.15) is 27.2 Å². The monoisotopic (exact) mass is 209 g/mol. The molecule has 4 nitrogen and oxygen atoms in total. The molecule has 0 aromatic carbocycles. The minimum absolute atomic E-state index is 0.146. The van der Waals surface area contributed by atoms with Crippen molar-refractivity contribution in [1.29, 1.82) is 0 Å². The van der Waals surface area contributed by atoms with Gasteiger partial charge in [0.25, 0.3) is 0 Å². The first-order chi connectivity index (χ1) is 6.97. The van der Waals surface area contributed by atoms with Crippen molar-refractivity contribution in [2.24, 2.45) is 5.41 Å². The third kappa shape index (κ3) is 5.32. The molecule has 0 aliphatic carbocycles. The number of hydrogen-bond acceptors (Lipinski definition) is 4. The number of hydrogen-bond donors (Lipinski definition) is 2. The molecule has 15 heavy (non-hydrogen) atoms. The Morgan fingerprint density at radius 2 is 2.20 bits per heavy atom. The highest BCUT2D eigenvalue weighted by atomic mass is 16.3. The SMILES string of the molecule is CC(C)(C)CC(O)CNc1ccncn1. The van der Waals surface area contributed by atoms with Crippen LogP contribution in [0, 0.1) is 5.41 Å². The van der Waals surface area contributed by atoms with E-state index in [0.717, 1.165) is 12.2 Å². The summed E-state index contributed by atoms with van der Waals surface area (Å²) in [6.07, 6.45) is 3.58. The second kappa shape index (κ2) is 5.07. The van der Waals surface area contributed by atoms with Crippen molar-refractivity contribution >= 4 is 5.82 Å². The standard InChI is InChI=1S/C11H19N3O/c1-11(2,3)6-9(15)7-13-10-4-5-12-8-14-10/h4-5,8-9,15H,6-7H2,1-3H3,(H,12,13,14). The molecule has 2 N–H and O–H groups in total.